The van der Waals surface area contributed by atoms with Gasteiger partial charge >= 0.3 is 0 Å². The Bertz CT molecular complexity index is 2960. The van der Waals surface area contributed by atoms with Crippen LogP contribution in [0.4, 0.5) is 0 Å². The van der Waals surface area contributed by atoms with Gasteiger partial charge in [0.1, 0.15) is 0 Å². The van der Waals surface area contributed by atoms with E-state index in [0.717, 1.165) is 49.2 Å². The molecule has 3 nitrogen and oxygen atoms in total. The third kappa shape index (κ3) is 5.28. The van der Waals surface area contributed by atoms with Crippen molar-refractivity contribution in [3.8, 4) is 56.4 Å². The van der Waals surface area contributed by atoms with E-state index in [1.807, 2.05) is 6.07 Å². The zero-order valence-electron chi connectivity index (χ0n) is 28.2. The number of aromatic nitrogens is 3. The van der Waals surface area contributed by atoms with E-state index in [9.17, 15) is 0 Å². The molecule has 0 aliphatic rings. The van der Waals surface area contributed by atoms with Gasteiger partial charge in [-0.2, -0.15) is 0 Å². The molecule has 0 fully saturated rings. The highest BCUT2D eigenvalue weighted by molar-refractivity contribution is 6.01. The second kappa shape index (κ2) is 12.4. The molecule has 0 spiro atoms. The molecule has 242 valence electrons. The zero-order valence-corrected chi connectivity index (χ0v) is 28.2. The zero-order chi connectivity index (χ0) is 34.4. The van der Waals surface area contributed by atoms with E-state index in [1.54, 1.807) is 0 Å². The van der Waals surface area contributed by atoms with E-state index in [2.05, 4.69) is 182 Å². The molecule has 52 heavy (non-hydrogen) atoms. The first-order chi connectivity index (χ1) is 25.7. The fourth-order valence-corrected chi connectivity index (χ4v) is 7.47. The highest BCUT2D eigenvalue weighted by Gasteiger charge is 2.17. The Morgan fingerprint density at radius 2 is 0.692 bits per heavy atom. The van der Waals surface area contributed by atoms with Gasteiger partial charge in [0.25, 0.3) is 0 Å². The molecule has 0 saturated carbocycles. The van der Waals surface area contributed by atoms with Gasteiger partial charge in [-0.05, 0) is 83.5 Å². The van der Waals surface area contributed by atoms with Gasteiger partial charge in [0.05, 0.1) is 0 Å². The Morgan fingerprint density at radius 3 is 1.38 bits per heavy atom. The smallest absolute Gasteiger partial charge is 0.164 e. The van der Waals surface area contributed by atoms with Crippen molar-refractivity contribution in [3.05, 3.63) is 188 Å². The number of hydrogen-bond acceptors (Lipinski definition) is 3. The summed E-state index contributed by atoms with van der Waals surface area (Å²) in [5.74, 6) is 1.94. The Hall–Kier alpha value is -6.97. The van der Waals surface area contributed by atoms with Crippen LogP contribution in [0.25, 0.3) is 99.5 Å². The van der Waals surface area contributed by atoms with Crippen LogP contribution in [-0.4, -0.2) is 15.0 Å². The predicted molar refractivity (Wildman–Crippen MR) is 217 cm³/mol. The molecular weight excluding hydrogens is 631 g/mol. The molecule has 0 saturated heterocycles. The summed E-state index contributed by atoms with van der Waals surface area (Å²) in [7, 11) is 0. The Kier molecular flexibility index (Phi) is 7.14. The first-order valence-electron chi connectivity index (χ1n) is 17.6. The van der Waals surface area contributed by atoms with Crippen molar-refractivity contribution in [2.24, 2.45) is 0 Å². The lowest BCUT2D eigenvalue weighted by atomic mass is 9.95. The SMILES string of the molecule is c1ccc(-c2ccc3cccc(-c4nc(-c5ccc6cc(-c7cccc8ccccc78)ccc6c5)nc(-c5cccc6ccccc56)n4)c3c2)cc1. The maximum Gasteiger partial charge on any atom is 0.164 e. The van der Waals surface area contributed by atoms with Crippen molar-refractivity contribution in [3.63, 3.8) is 0 Å². The van der Waals surface area contributed by atoms with Crippen molar-refractivity contribution in [2.75, 3.05) is 0 Å². The molecule has 0 atom stereocenters. The van der Waals surface area contributed by atoms with Crippen LogP contribution in [0, 0.1) is 0 Å². The highest BCUT2D eigenvalue weighted by Crippen LogP contribution is 2.36. The van der Waals surface area contributed by atoms with Crippen molar-refractivity contribution in [1.29, 1.82) is 0 Å². The fraction of sp³-hybridized carbons (Fsp3) is 0. The van der Waals surface area contributed by atoms with Crippen LogP contribution >= 0.6 is 0 Å². The van der Waals surface area contributed by atoms with Crippen LogP contribution < -0.4 is 0 Å². The van der Waals surface area contributed by atoms with Crippen LogP contribution in [0.1, 0.15) is 0 Å². The average Bonchev–Trinajstić information content (AvgIpc) is 3.22. The molecule has 1 aromatic heterocycles. The topological polar surface area (TPSA) is 38.7 Å². The molecular formula is C49H31N3. The minimum atomic E-state index is 0.643. The van der Waals surface area contributed by atoms with Gasteiger partial charge in [-0.15, -0.1) is 0 Å². The van der Waals surface area contributed by atoms with Crippen LogP contribution in [0.2, 0.25) is 0 Å². The fourth-order valence-electron chi connectivity index (χ4n) is 7.47. The van der Waals surface area contributed by atoms with Gasteiger partial charge in [0.15, 0.2) is 17.5 Å². The van der Waals surface area contributed by atoms with Gasteiger partial charge in [-0.3, -0.25) is 0 Å². The molecule has 3 heteroatoms. The monoisotopic (exact) mass is 661 g/mol. The Morgan fingerprint density at radius 1 is 0.231 bits per heavy atom. The molecule has 0 unspecified atom stereocenters. The van der Waals surface area contributed by atoms with E-state index >= 15 is 0 Å². The molecule has 0 radical (unpaired) electrons. The van der Waals surface area contributed by atoms with Crippen molar-refractivity contribution >= 4 is 43.1 Å². The van der Waals surface area contributed by atoms with E-state index in [4.69, 9.17) is 15.0 Å². The third-order valence-corrected chi connectivity index (χ3v) is 10.1. The van der Waals surface area contributed by atoms with E-state index in [-0.39, 0.29) is 0 Å². The summed E-state index contributed by atoms with van der Waals surface area (Å²) < 4.78 is 0. The minimum Gasteiger partial charge on any atom is -0.208 e. The van der Waals surface area contributed by atoms with Gasteiger partial charge in [-0.1, -0.05) is 170 Å². The highest BCUT2D eigenvalue weighted by atomic mass is 15.0. The second-order valence-electron chi connectivity index (χ2n) is 13.2. The minimum absolute atomic E-state index is 0.643. The van der Waals surface area contributed by atoms with Crippen molar-refractivity contribution in [2.45, 2.75) is 0 Å². The molecule has 0 amide bonds. The normalized spacial score (nSPS) is 11.5. The first kappa shape index (κ1) is 29.9. The number of fused-ring (bicyclic) bond motifs is 4. The molecule has 10 aromatic rings. The van der Waals surface area contributed by atoms with E-state index < -0.39 is 0 Å². The largest absolute Gasteiger partial charge is 0.208 e. The quantitative estimate of drug-likeness (QED) is 0.184. The van der Waals surface area contributed by atoms with Gasteiger partial charge in [-0.25, -0.2) is 15.0 Å². The van der Waals surface area contributed by atoms with Gasteiger partial charge < -0.3 is 0 Å². The summed E-state index contributed by atoms with van der Waals surface area (Å²) in [4.78, 5) is 15.6. The Labute approximate surface area is 301 Å². The number of rotatable bonds is 5. The van der Waals surface area contributed by atoms with Crippen LogP contribution in [0.3, 0.4) is 0 Å². The lowest BCUT2D eigenvalue weighted by Crippen LogP contribution is -2.01. The van der Waals surface area contributed by atoms with Gasteiger partial charge in [0, 0.05) is 16.7 Å². The molecule has 0 aliphatic heterocycles. The summed E-state index contributed by atoms with van der Waals surface area (Å²) in [5.41, 5.74) is 7.66. The lowest BCUT2D eigenvalue weighted by molar-refractivity contribution is 1.08. The summed E-state index contributed by atoms with van der Waals surface area (Å²) in [6.45, 7) is 0. The average molecular weight is 662 g/mol. The molecule has 0 N–H and O–H groups in total. The Balaban J connectivity index is 1.15. The van der Waals surface area contributed by atoms with Crippen molar-refractivity contribution < 1.29 is 0 Å². The number of hydrogen-bond donors (Lipinski definition) is 0. The van der Waals surface area contributed by atoms with E-state index in [1.165, 1.54) is 32.8 Å². The number of nitrogens with zero attached hydrogens (tertiary/aromatic N) is 3. The first-order valence-corrected chi connectivity index (χ1v) is 17.6. The summed E-state index contributed by atoms with van der Waals surface area (Å²) in [5, 5.41) is 9.29. The molecule has 9 aromatic carbocycles. The maximum atomic E-state index is 5.22. The maximum absolute atomic E-state index is 5.22. The van der Waals surface area contributed by atoms with Crippen LogP contribution in [0.15, 0.2) is 188 Å². The molecule has 0 aliphatic carbocycles. The van der Waals surface area contributed by atoms with Crippen LogP contribution in [-0.2, 0) is 0 Å². The second-order valence-corrected chi connectivity index (χ2v) is 13.2. The summed E-state index contributed by atoms with van der Waals surface area (Å²) in [6, 6.07) is 66.5. The molecule has 0 bridgehead atoms. The lowest BCUT2D eigenvalue weighted by Gasteiger charge is -2.13. The molecule has 10 rings (SSSR count). The summed E-state index contributed by atoms with van der Waals surface area (Å²) in [6.07, 6.45) is 0. The summed E-state index contributed by atoms with van der Waals surface area (Å²) >= 11 is 0. The standard InChI is InChI=1S/C49H31N3/c1-2-11-32(12-3-1)38-24-23-35-17-10-22-45(46(35)31-38)49-51-47(50-48(52-49)44-21-9-16-34-14-5-7-19-42(34)44)40-28-26-36-29-39(27-25-37(36)30-40)43-20-8-15-33-13-4-6-18-41(33)43/h1-31H. The predicted octanol–water partition coefficient (Wildman–Crippen LogP) is 12.8. The number of benzene rings is 9. The van der Waals surface area contributed by atoms with Gasteiger partial charge in [0.2, 0.25) is 0 Å². The van der Waals surface area contributed by atoms with Crippen molar-refractivity contribution in [1.82, 2.24) is 15.0 Å². The van der Waals surface area contributed by atoms with E-state index in [0.29, 0.717) is 17.5 Å². The molecule has 1 heterocycles. The van der Waals surface area contributed by atoms with Crippen LogP contribution in [0.5, 0.6) is 0 Å². The third-order valence-electron chi connectivity index (χ3n) is 10.1.